The quantitative estimate of drug-likeness (QED) is 0.494. The first-order valence-electron chi connectivity index (χ1n) is 11.2. The number of halogens is 4. The summed E-state index contributed by atoms with van der Waals surface area (Å²) in [4.78, 5) is 30.7. The second-order valence-electron chi connectivity index (χ2n) is 8.56. The van der Waals surface area contributed by atoms with Gasteiger partial charge in [-0.2, -0.15) is 13.2 Å². The SMILES string of the molecule is CCS(=O)(=O)c1ccc(Cl)cc1Cn1c(=O)[nH]c2c(CN3CCNCC3)cc(C(F)(F)F)cc2c1=O. The molecule has 8 nitrogen and oxygen atoms in total. The highest BCUT2D eigenvalue weighted by molar-refractivity contribution is 7.91. The number of fused-ring (bicyclic) bond motifs is 1. The van der Waals surface area contributed by atoms with Gasteiger partial charge < -0.3 is 10.3 Å². The molecular weight excluding hydrogens is 521 g/mol. The Bertz CT molecular complexity index is 1530. The Morgan fingerprint density at radius 3 is 2.36 bits per heavy atom. The molecule has 2 N–H and O–H groups in total. The van der Waals surface area contributed by atoms with Crippen LogP contribution >= 0.6 is 11.6 Å². The Balaban J connectivity index is 1.90. The van der Waals surface area contributed by atoms with Crippen LogP contribution in [0.5, 0.6) is 0 Å². The molecule has 1 aliphatic rings. The van der Waals surface area contributed by atoms with Crippen molar-refractivity contribution < 1.29 is 21.6 Å². The molecule has 4 rings (SSSR count). The summed E-state index contributed by atoms with van der Waals surface area (Å²) in [6.45, 7) is 3.62. The highest BCUT2D eigenvalue weighted by Crippen LogP contribution is 2.32. The Labute approximate surface area is 209 Å². The fourth-order valence-electron chi connectivity index (χ4n) is 4.27. The van der Waals surface area contributed by atoms with Crippen LogP contribution in [0.4, 0.5) is 13.2 Å². The lowest BCUT2D eigenvalue weighted by Crippen LogP contribution is -2.43. The van der Waals surface area contributed by atoms with E-state index in [9.17, 15) is 31.2 Å². The number of H-pyrrole nitrogens is 1. The minimum absolute atomic E-state index is 0.0280. The van der Waals surface area contributed by atoms with Crippen molar-refractivity contribution >= 4 is 32.3 Å². The Morgan fingerprint density at radius 1 is 1.03 bits per heavy atom. The van der Waals surface area contributed by atoms with Gasteiger partial charge in [-0.05, 0) is 41.5 Å². The van der Waals surface area contributed by atoms with Crippen molar-refractivity contribution in [2.24, 2.45) is 0 Å². The average molecular weight is 545 g/mol. The van der Waals surface area contributed by atoms with E-state index < -0.39 is 39.4 Å². The Morgan fingerprint density at radius 2 is 1.72 bits per heavy atom. The van der Waals surface area contributed by atoms with Crippen molar-refractivity contribution in [1.29, 1.82) is 0 Å². The molecule has 0 amide bonds. The van der Waals surface area contributed by atoms with Crippen LogP contribution in [-0.2, 0) is 29.1 Å². The number of sulfone groups is 1. The summed E-state index contributed by atoms with van der Waals surface area (Å²) in [5, 5.41) is 3.03. The van der Waals surface area contributed by atoms with E-state index in [0.717, 1.165) is 6.07 Å². The maximum atomic E-state index is 13.7. The van der Waals surface area contributed by atoms with E-state index in [1.165, 1.54) is 25.1 Å². The number of aromatic nitrogens is 2. The Hall–Kier alpha value is -2.67. The third kappa shape index (κ3) is 5.36. The average Bonchev–Trinajstić information content (AvgIpc) is 2.82. The van der Waals surface area contributed by atoms with Crippen LogP contribution in [-0.4, -0.2) is 54.8 Å². The van der Waals surface area contributed by atoms with E-state index in [-0.39, 0.29) is 44.2 Å². The van der Waals surface area contributed by atoms with Gasteiger partial charge in [0, 0.05) is 37.7 Å². The largest absolute Gasteiger partial charge is 0.416 e. The molecule has 1 fully saturated rings. The number of nitrogens with one attached hydrogen (secondary N) is 2. The molecule has 0 aliphatic carbocycles. The first-order valence-corrected chi connectivity index (χ1v) is 13.2. The number of aromatic amines is 1. The van der Waals surface area contributed by atoms with Crippen LogP contribution < -0.4 is 16.6 Å². The zero-order valence-electron chi connectivity index (χ0n) is 19.3. The molecule has 1 aromatic heterocycles. The van der Waals surface area contributed by atoms with E-state index in [2.05, 4.69) is 10.3 Å². The van der Waals surface area contributed by atoms with Crippen molar-refractivity contribution in [1.82, 2.24) is 19.8 Å². The third-order valence-corrected chi connectivity index (χ3v) is 8.23. The minimum Gasteiger partial charge on any atom is -0.314 e. The predicted molar refractivity (Wildman–Crippen MR) is 130 cm³/mol. The second-order valence-corrected chi connectivity index (χ2v) is 11.2. The van der Waals surface area contributed by atoms with E-state index in [1.54, 1.807) is 0 Å². The molecule has 0 saturated carbocycles. The Kier molecular flexibility index (Phi) is 7.33. The third-order valence-electron chi connectivity index (χ3n) is 6.17. The van der Waals surface area contributed by atoms with Gasteiger partial charge in [-0.1, -0.05) is 18.5 Å². The molecule has 2 aromatic carbocycles. The van der Waals surface area contributed by atoms with Gasteiger partial charge >= 0.3 is 11.9 Å². The molecule has 0 bridgehead atoms. The van der Waals surface area contributed by atoms with Gasteiger partial charge in [0.1, 0.15) is 0 Å². The minimum atomic E-state index is -4.71. The number of nitrogens with zero attached hydrogens (tertiary/aromatic N) is 2. The monoisotopic (exact) mass is 544 g/mol. The molecule has 36 heavy (non-hydrogen) atoms. The number of hydrogen-bond acceptors (Lipinski definition) is 6. The zero-order chi connectivity index (χ0) is 26.3. The fourth-order valence-corrected chi connectivity index (χ4v) is 5.58. The lowest BCUT2D eigenvalue weighted by atomic mass is 10.0. The van der Waals surface area contributed by atoms with Gasteiger partial charge in [-0.15, -0.1) is 0 Å². The number of rotatable bonds is 6. The van der Waals surface area contributed by atoms with Gasteiger partial charge in [0.2, 0.25) is 0 Å². The van der Waals surface area contributed by atoms with Gasteiger partial charge in [-0.25, -0.2) is 13.2 Å². The van der Waals surface area contributed by atoms with Crippen LogP contribution in [0.1, 0.15) is 23.6 Å². The van der Waals surface area contributed by atoms with Crippen molar-refractivity contribution in [3.8, 4) is 0 Å². The molecule has 0 atom stereocenters. The zero-order valence-corrected chi connectivity index (χ0v) is 20.9. The molecule has 1 aliphatic heterocycles. The summed E-state index contributed by atoms with van der Waals surface area (Å²) < 4.78 is 66.9. The molecule has 2 heterocycles. The maximum absolute atomic E-state index is 13.7. The highest BCUT2D eigenvalue weighted by Gasteiger charge is 2.32. The molecular formula is C23H24ClF3N4O4S. The van der Waals surface area contributed by atoms with Gasteiger partial charge in [0.15, 0.2) is 9.84 Å². The van der Waals surface area contributed by atoms with Crippen molar-refractivity contribution in [2.75, 3.05) is 31.9 Å². The van der Waals surface area contributed by atoms with Crippen LogP contribution in [0.2, 0.25) is 5.02 Å². The number of piperazine rings is 1. The smallest absolute Gasteiger partial charge is 0.314 e. The van der Waals surface area contributed by atoms with E-state index in [0.29, 0.717) is 36.8 Å². The van der Waals surface area contributed by atoms with Crippen LogP contribution in [0, 0.1) is 0 Å². The van der Waals surface area contributed by atoms with E-state index in [4.69, 9.17) is 11.6 Å². The summed E-state index contributed by atoms with van der Waals surface area (Å²) in [6, 6.07) is 5.64. The predicted octanol–water partition coefficient (Wildman–Crippen LogP) is 2.61. The van der Waals surface area contributed by atoms with Crippen LogP contribution in [0.25, 0.3) is 10.9 Å². The lowest BCUT2D eigenvalue weighted by molar-refractivity contribution is -0.137. The van der Waals surface area contributed by atoms with E-state index >= 15 is 0 Å². The normalized spacial score (nSPS) is 15.5. The lowest BCUT2D eigenvalue weighted by Gasteiger charge is -2.27. The van der Waals surface area contributed by atoms with Crippen molar-refractivity contribution in [3.05, 3.63) is 72.9 Å². The van der Waals surface area contributed by atoms with Gasteiger partial charge in [0.05, 0.1) is 33.7 Å². The maximum Gasteiger partial charge on any atom is 0.416 e. The van der Waals surface area contributed by atoms with Gasteiger partial charge in [-0.3, -0.25) is 14.3 Å². The fraction of sp³-hybridized carbons (Fsp3) is 0.391. The molecule has 1 saturated heterocycles. The van der Waals surface area contributed by atoms with Crippen LogP contribution in [0.3, 0.4) is 0 Å². The van der Waals surface area contributed by atoms with Crippen molar-refractivity contribution in [3.63, 3.8) is 0 Å². The summed E-state index contributed by atoms with van der Waals surface area (Å²) in [7, 11) is -3.73. The first-order chi connectivity index (χ1) is 16.9. The highest BCUT2D eigenvalue weighted by atomic mass is 35.5. The van der Waals surface area contributed by atoms with Gasteiger partial charge in [0.25, 0.3) is 5.56 Å². The number of alkyl halides is 3. The van der Waals surface area contributed by atoms with E-state index in [1.807, 2.05) is 4.90 Å². The molecule has 13 heteroatoms. The summed E-state index contributed by atoms with van der Waals surface area (Å²) >= 11 is 6.03. The second kappa shape index (κ2) is 10.0. The summed E-state index contributed by atoms with van der Waals surface area (Å²) in [5.41, 5.74) is -2.53. The molecule has 0 radical (unpaired) electrons. The number of benzene rings is 2. The summed E-state index contributed by atoms with van der Waals surface area (Å²) in [5.74, 6) is -0.227. The standard InChI is InChI=1S/C23H24ClF3N4O4S/c1-2-36(34,35)19-4-3-17(24)10-14(19)13-31-21(32)18-11-16(23(25,26)27)9-15(20(18)29-22(31)33)12-30-7-5-28-6-8-30/h3-4,9-11,28H,2,5-8,12-13H2,1H3,(H,29,33). The molecule has 194 valence electrons. The first kappa shape index (κ1) is 26.4. The number of hydrogen-bond donors (Lipinski definition) is 2. The summed E-state index contributed by atoms with van der Waals surface area (Å²) in [6.07, 6.45) is -4.71. The molecule has 0 unspecified atom stereocenters. The molecule has 3 aromatic rings. The van der Waals surface area contributed by atoms with Crippen LogP contribution in [0.15, 0.2) is 44.8 Å². The topological polar surface area (TPSA) is 104 Å². The van der Waals surface area contributed by atoms with Crippen molar-refractivity contribution in [2.45, 2.75) is 31.1 Å². The molecule has 0 spiro atoms.